The van der Waals surface area contributed by atoms with Crippen molar-refractivity contribution < 1.29 is 14.3 Å². The molecular formula is C25H26N2O3. The Balaban J connectivity index is 1.49. The molecule has 1 aromatic carbocycles. The number of fused-ring (bicyclic) bond motifs is 1. The van der Waals surface area contributed by atoms with Crippen LogP contribution in [-0.4, -0.2) is 23.0 Å². The lowest BCUT2D eigenvalue weighted by molar-refractivity contribution is 0.0599. The van der Waals surface area contributed by atoms with E-state index in [-0.39, 0.29) is 5.97 Å². The summed E-state index contributed by atoms with van der Waals surface area (Å²) < 4.78 is 10.9. The van der Waals surface area contributed by atoms with Crippen LogP contribution in [0.4, 0.5) is 0 Å². The minimum Gasteiger partial charge on any atom is -0.465 e. The number of rotatable bonds is 6. The molecule has 2 heterocycles. The van der Waals surface area contributed by atoms with Crippen LogP contribution in [0.25, 0.3) is 0 Å². The summed E-state index contributed by atoms with van der Waals surface area (Å²) in [7, 11) is 1.41. The molecule has 0 fully saturated rings. The van der Waals surface area contributed by atoms with Gasteiger partial charge < -0.3 is 9.47 Å². The zero-order valence-corrected chi connectivity index (χ0v) is 17.4. The van der Waals surface area contributed by atoms with E-state index in [1.54, 1.807) is 18.5 Å². The van der Waals surface area contributed by atoms with Gasteiger partial charge in [-0.2, -0.15) is 0 Å². The fraction of sp³-hybridized carbons (Fsp3) is 0.320. The van der Waals surface area contributed by atoms with Gasteiger partial charge in [0, 0.05) is 24.2 Å². The lowest BCUT2D eigenvalue weighted by atomic mass is 9.79. The van der Waals surface area contributed by atoms with Gasteiger partial charge in [-0.05, 0) is 85.9 Å². The predicted octanol–water partition coefficient (Wildman–Crippen LogP) is 5.42. The van der Waals surface area contributed by atoms with Crippen molar-refractivity contribution >= 4 is 5.97 Å². The summed E-state index contributed by atoms with van der Waals surface area (Å²) in [5.74, 6) is 1.61. The number of hydrogen-bond acceptors (Lipinski definition) is 5. The molecule has 0 aliphatic heterocycles. The molecule has 3 aromatic rings. The number of hydrogen-bond donors (Lipinski definition) is 0. The molecule has 1 aliphatic carbocycles. The molecular weight excluding hydrogens is 376 g/mol. The van der Waals surface area contributed by atoms with Crippen molar-refractivity contribution in [2.45, 2.75) is 44.9 Å². The fourth-order valence-corrected chi connectivity index (χ4v) is 4.22. The van der Waals surface area contributed by atoms with E-state index in [9.17, 15) is 4.79 Å². The number of nitrogens with zero attached hydrogens (tertiary/aromatic N) is 2. The van der Waals surface area contributed by atoms with E-state index in [4.69, 9.17) is 9.47 Å². The van der Waals surface area contributed by atoms with Crippen molar-refractivity contribution in [3.05, 3.63) is 82.8 Å². The van der Waals surface area contributed by atoms with Gasteiger partial charge in [0.25, 0.3) is 0 Å². The molecule has 0 amide bonds. The van der Waals surface area contributed by atoms with Crippen LogP contribution in [0.3, 0.4) is 0 Å². The first-order valence-corrected chi connectivity index (χ1v) is 10.4. The second-order valence-corrected chi connectivity index (χ2v) is 7.73. The molecule has 1 aliphatic rings. The highest BCUT2D eigenvalue weighted by Crippen LogP contribution is 2.37. The summed E-state index contributed by atoms with van der Waals surface area (Å²) in [6.07, 6.45) is 8.56. The fourth-order valence-electron chi connectivity index (χ4n) is 4.22. The van der Waals surface area contributed by atoms with Crippen LogP contribution >= 0.6 is 0 Å². The lowest BCUT2D eigenvalue weighted by Crippen LogP contribution is -2.12. The number of esters is 1. The van der Waals surface area contributed by atoms with E-state index in [0.717, 1.165) is 49.1 Å². The largest absolute Gasteiger partial charge is 0.465 e. The molecule has 30 heavy (non-hydrogen) atoms. The molecule has 154 valence electrons. The average molecular weight is 402 g/mol. The van der Waals surface area contributed by atoms with Crippen LogP contribution < -0.4 is 4.74 Å². The minimum atomic E-state index is -0.303. The van der Waals surface area contributed by atoms with E-state index in [0.29, 0.717) is 17.4 Å². The lowest BCUT2D eigenvalue weighted by Gasteiger charge is -2.26. The van der Waals surface area contributed by atoms with Gasteiger partial charge in [-0.15, -0.1) is 0 Å². The zero-order chi connectivity index (χ0) is 20.9. The number of methoxy groups -OCH3 is 1. The standard InChI is InChI=1S/C25H26N2O3/c1-17-5-3-8-24(27-17)30-21-11-12-22-18(6-4-7-19(22)15-21)9-10-20-16-26-14-13-23(20)25(28)29-2/h3,5,8,11-16,18H,4,6-7,9-10H2,1-2H3. The first-order chi connectivity index (χ1) is 14.6. The number of aryl methyl sites for hydroxylation is 3. The Morgan fingerprint density at radius 3 is 2.93 bits per heavy atom. The molecule has 1 atom stereocenters. The smallest absolute Gasteiger partial charge is 0.338 e. The third kappa shape index (κ3) is 4.51. The number of aromatic nitrogens is 2. The Morgan fingerprint density at radius 1 is 1.20 bits per heavy atom. The Morgan fingerprint density at radius 2 is 2.10 bits per heavy atom. The van der Waals surface area contributed by atoms with Gasteiger partial charge in [-0.25, -0.2) is 9.78 Å². The molecule has 0 saturated carbocycles. The van der Waals surface area contributed by atoms with Gasteiger partial charge in [0.1, 0.15) is 5.75 Å². The van der Waals surface area contributed by atoms with Crippen molar-refractivity contribution in [1.82, 2.24) is 9.97 Å². The van der Waals surface area contributed by atoms with E-state index in [2.05, 4.69) is 22.1 Å². The van der Waals surface area contributed by atoms with Crippen LogP contribution in [-0.2, 0) is 17.6 Å². The molecule has 1 unspecified atom stereocenters. The van der Waals surface area contributed by atoms with Gasteiger partial charge in [0.15, 0.2) is 0 Å². The zero-order valence-electron chi connectivity index (χ0n) is 17.4. The van der Waals surface area contributed by atoms with Gasteiger partial charge in [0.05, 0.1) is 12.7 Å². The van der Waals surface area contributed by atoms with Crippen LogP contribution in [0.15, 0.2) is 54.9 Å². The molecule has 5 heteroatoms. The van der Waals surface area contributed by atoms with Crippen LogP contribution in [0, 0.1) is 6.92 Å². The summed E-state index contributed by atoms with van der Waals surface area (Å²) in [5, 5.41) is 0. The SMILES string of the molecule is COC(=O)c1ccncc1CCC1CCCc2cc(Oc3cccc(C)n3)ccc21. The molecule has 0 radical (unpaired) electrons. The normalized spacial score (nSPS) is 15.3. The summed E-state index contributed by atoms with van der Waals surface area (Å²) in [5.41, 5.74) is 5.22. The highest BCUT2D eigenvalue weighted by molar-refractivity contribution is 5.90. The summed E-state index contributed by atoms with van der Waals surface area (Å²) in [6.45, 7) is 1.96. The van der Waals surface area contributed by atoms with Crippen molar-refractivity contribution in [3.8, 4) is 11.6 Å². The Bertz CT molecular complexity index is 1050. The Hall–Kier alpha value is -3.21. The summed E-state index contributed by atoms with van der Waals surface area (Å²) >= 11 is 0. The maximum atomic E-state index is 12.0. The third-order valence-electron chi connectivity index (χ3n) is 5.71. The molecule has 0 N–H and O–H groups in total. The second-order valence-electron chi connectivity index (χ2n) is 7.73. The molecule has 5 nitrogen and oxygen atoms in total. The maximum Gasteiger partial charge on any atom is 0.338 e. The van der Waals surface area contributed by atoms with Crippen LogP contribution in [0.1, 0.15) is 57.9 Å². The molecule has 0 spiro atoms. The Labute approximate surface area is 177 Å². The number of carbonyl (C=O) groups excluding carboxylic acids is 1. The maximum absolute atomic E-state index is 12.0. The van der Waals surface area contributed by atoms with Crippen molar-refractivity contribution in [1.29, 1.82) is 0 Å². The number of ether oxygens (including phenoxy) is 2. The quantitative estimate of drug-likeness (QED) is 0.516. The minimum absolute atomic E-state index is 0.303. The summed E-state index contributed by atoms with van der Waals surface area (Å²) in [4.78, 5) is 20.6. The van der Waals surface area contributed by atoms with Crippen molar-refractivity contribution in [2.75, 3.05) is 7.11 Å². The monoisotopic (exact) mass is 402 g/mol. The number of carbonyl (C=O) groups is 1. The molecule has 4 rings (SSSR count). The number of benzene rings is 1. The van der Waals surface area contributed by atoms with Crippen molar-refractivity contribution in [2.24, 2.45) is 0 Å². The van der Waals surface area contributed by atoms with E-state index >= 15 is 0 Å². The van der Waals surface area contributed by atoms with Gasteiger partial charge in [-0.3, -0.25) is 4.98 Å². The highest BCUT2D eigenvalue weighted by Gasteiger charge is 2.22. The molecule has 0 bridgehead atoms. The third-order valence-corrected chi connectivity index (χ3v) is 5.71. The van der Waals surface area contributed by atoms with E-state index in [1.807, 2.05) is 31.2 Å². The van der Waals surface area contributed by atoms with Gasteiger partial charge >= 0.3 is 5.97 Å². The van der Waals surface area contributed by atoms with E-state index < -0.39 is 0 Å². The highest BCUT2D eigenvalue weighted by atomic mass is 16.5. The van der Waals surface area contributed by atoms with Gasteiger partial charge in [0.2, 0.25) is 5.88 Å². The van der Waals surface area contributed by atoms with Gasteiger partial charge in [-0.1, -0.05) is 12.1 Å². The second kappa shape index (κ2) is 9.08. The first-order valence-electron chi connectivity index (χ1n) is 10.4. The Kier molecular flexibility index (Phi) is 6.07. The molecule has 0 saturated heterocycles. The number of pyridine rings is 2. The van der Waals surface area contributed by atoms with E-state index in [1.165, 1.54) is 18.2 Å². The average Bonchev–Trinajstić information content (AvgIpc) is 2.77. The summed E-state index contributed by atoms with van der Waals surface area (Å²) in [6, 6.07) is 13.9. The first kappa shape index (κ1) is 20.1. The predicted molar refractivity (Wildman–Crippen MR) is 115 cm³/mol. The molecule has 2 aromatic heterocycles. The van der Waals surface area contributed by atoms with Crippen LogP contribution in [0.5, 0.6) is 11.6 Å². The topological polar surface area (TPSA) is 61.3 Å². The van der Waals surface area contributed by atoms with Crippen molar-refractivity contribution in [3.63, 3.8) is 0 Å². The van der Waals surface area contributed by atoms with Crippen LogP contribution in [0.2, 0.25) is 0 Å².